The van der Waals surface area contributed by atoms with Gasteiger partial charge < -0.3 is 4.98 Å². The van der Waals surface area contributed by atoms with Crippen LogP contribution in [-0.2, 0) is 0 Å². The average molecular weight is 274 g/mol. The Kier molecular flexibility index (Phi) is 2.84. The molecule has 2 nitrogen and oxygen atoms in total. The fourth-order valence-corrected chi connectivity index (χ4v) is 2.29. The van der Waals surface area contributed by atoms with Crippen molar-refractivity contribution in [3.05, 3.63) is 69.6 Å². The van der Waals surface area contributed by atoms with Crippen molar-refractivity contribution >= 4 is 22.5 Å². The molecule has 0 saturated heterocycles. The van der Waals surface area contributed by atoms with Crippen LogP contribution in [0.25, 0.3) is 22.2 Å². The first kappa shape index (κ1) is 11.9. The molecule has 94 valence electrons. The molecule has 0 spiro atoms. The highest BCUT2D eigenvalue weighted by Crippen LogP contribution is 2.26. The Morgan fingerprint density at radius 1 is 1.05 bits per heavy atom. The number of hydrogen-bond donors (Lipinski definition) is 1. The third kappa shape index (κ3) is 2.13. The molecule has 4 heteroatoms. The van der Waals surface area contributed by atoms with Gasteiger partial charge in [-0.1, -0.05) is 29.8 Å². The van der Waals surface area contributed by atoms with Crippen LogP contribution in [-0.4, -0.2) is 4.98 Å². The highest BCUT2D eigenvalue weighted by molar-refractivity contribution is 6.33. The van der Waals surface area contributed by atoms with Gasteiger partial charge in [-0.3, -0.25) is 4.79 Å². The Bertz CT molecular complexity index is 826. The van der Waals surface area contributed by atoms with Crippen molar-refractivity contribution < 1.29 is 4.39 Å². The van der Waals surface area contributed by atoms with E-state index in [-0.39, 0.29) is 11.2 Å². The number of aromatic nitrogens is 1. The number of aromatic amines is 1. The molecule has 1 N–H and O–H groups in total. The zero-order chi connectivity index (χ0) is 13.4. The fourth-order valence-electron chi connectivity index (χ4n) is 2.05. The van der Waals surface area contributed by atoms with E-state index in [1.165, 1.54) is 24.3 Å². The Balaban J connectivity index is 2.32. The Labute approximate surface area is 113 Å². The van der Waals surface area contributed by atoms with Gasteiger partial charge >= 0.3 is 0 Å². The first-order valence-corrected chi connectivity index (χ1v) is 6.10. The van der Waals surface area contributed by atoms with Crippen LogP contribution in [0.1, 0.15) is 0 Å². The molecule has 0 aliphatic rings. The lowest BCUT2D eigenvalue weighted by Crippen LogP contribution is -2.03. The quantitative estimate of drug-likeness (QED) is 0.714. The molecular formula is C15H9ClFNO. The second-order valence-electron chi connectivity index (χ2n) is 4.22. The Hall–Kier alpha value is -2.13. The summed E-state index contributed by atoms with van der Waals surface area (Å²) >= 11 is 6.10. The van der Waals surface area contributed by atoms with Crippen molar-refractivity contribution in [2.75, 3.05) is 0 Å². The molecule has 0 fully saturated rings. The summed E-state index contributed by atoms with van der Waals surface area (Å²) in [6.45, 7) is 0. The maximum Gasteiger partial charge on any atom is 0.190 e. The number of pyridine rings is 1. The average Bonchev–Trinajstić information content (AvgIpc) is 2.38. The highest BCUT2D eigenvalue weighted by Gasteiger charge is 2.07. The van der Waals surface area contributed by atoms with Crippen molar-refractivity contribution in [1.29, 1.82) is 0 Å². The van der Waals surface area contributed by atoms with E-state index in [0.29, 0.717) is 27.2 Å². The van der Waals surface area contributed by atoms with E-state index >= 15 is 0 Å². The lowest BCUT2D eigenvalue weighted by atomic mass is 10.1. The molecule has 0 radical (unpaired) electrons. The van der Waals surface area contributed by atoms with Gasteiger partial charge in [0.1, 0.15) is 5.82 Å². The van der Waals surface area contributed by atoms with Crippen LogP contribution in [0.3, 0.4) is 0 Å². The van der Waals surface area contributed by atoms with Gasteiger partial charge in [0.25, 0.3) is 0 Å². The van der Waals surface area contributed by atoms with Crippen molar-refractivity contribution in [3.63, 3.8) is 0 Å². The maximum atomic E-state index is 13.2. The molecule has 0 saturated carbocycles. The number of benzene rings is 2. The first-order chi connectivity index (χ1) is 9.15. The summed E-state index contributed by atoms with van der Waals surface area (Å²) in [4.78, 5) is 15.1. The summed E-state index contributed by atoms with van der Waals surface area (Å²) < 4.78 is 13.2. The minimum absolute atomic E-state index is 0.163. The summed E-state index contributed by atoms with van der Waals surface area (Å²) in [5.74, 6) is -0.389. The minimum atomic E-state index is -0.389. The van der Waals surface area contributed by atoms with Gasteiger partial charge in [0, 0.05) is 22.0 Å². The summed E-state index contributed by atoms with van der Waals surface area (Å²) in [6, 6.07) is 12.7. The fraction of sp³-hybridized carbons (Fsp3) is 0. The number of rotatable bonds is 1. The predicted octanol–water partition coefficient (Wildman–Crippen LogP) is 3.99. The van der Waals surface area contributed by atoms with Crippen molar-refractivity contribution in [1.82, 2.24) is 4.98 Å². The monoisotopic (exact) mass is 273 g/mol. The lowest BCUT2D eigenvalue weighted by molar-refractivity contribution is 0.629. The molecule has 0 amide bonds. The van der Waals surface area contributed by atoms with E-state index in [1.807, 2.05) is 12.1 Å². The van der Waals surface area contributed by atoms with E-state index in [2.05, 4.69) is 4.98 Å². The molecular weight excluding hydrogens is 265 g/mol. The summed E-state index contributed by atoms with van der Waals surface area (Å²) in [6.07, 6.45) is 0. The third-order valence-corrected chi connectivity index (χ3v) is 3.29. The molecule has 1 aromatic heterocycles. The van der Waals surface area contributed by atoms with E-state index in [4.69, 9.17) is 11.6 Å². The minimum Gasteiger partial charge on any atom is -0.354 e. The molecule has 1 heterocycles. The van der Waals surface area contributed by atoms with E-state index < -0.39 is 0 Å². The second kappa shape index (κ2) is 4.52. The molecule has 2 aromatic carbocycles. The van der Waals surface area contributed by atoms with Gasteiger partial charge in [-0.05, 0) is 24.3 Å². The van der Waals surface area contributed by atoms with Crippen LogP contribution in [0.5, 0.6) is 0 Å². The maximum absolute atomic E-state index is 13.2. The summed E-state index contributed by atoms with van der Waals surface area (Å²) in [5, 5.41) is 0.992. The number of fused-ring (bicyclic) bond motifs is 1. The van der Waals surface area contributed by atoms with Crippen LogP contribution in [0.4, 0.5) is 4.39 Å². The third-order valence-electron chi connectivity index (χ3n) is 2.96. The highest BCUT2D eigenvalue weighted by atomic mass is 35.5. The molecule has 0 unspecified atom stereocenters. The van der Waals surface area contributed by atoms with Crippen molar-refractivity contribution in [3.8, 4) is 11.3 Å². The van der Waals surface area contributed by atoms with Crippen LogP contribution in [0.2, 0.25) is 5.02 Å². The Morgan fingerprint density at radius 2 is 1.84 bits per heavy atom. The largest absolute Gasteiger partial charge is 0.354 e. The summed E-state index contributed by atoms with van der Waals surface area (Å²) in [7, 11) is 0. The van der Waals surface area contributed by atoms with E-state index in [9.17, 15) is 9.18 Å². The number of H-pyrrole nitrogens is 1. The van der Waals surface area contributed by atoms with Crippen molar-refractivity contribution in [2.45, 2.75) is 0 Å². The van der Waals surface area contributed by atoms with E-state index in [0.717, 1.165) is 0 Å². The van der Waals surface area contributed by atoms with Gasteiger partial charge in [0.05, 0.1) is 11.2 Å². The smallest absolute Gasteiger partial charge is 0.190 e. The lowest BCUT2D eigenvalue weighted by Gasteiger charge is -2.06. The molecule has 3 rings (SSSR count). The molecule has 19 heavy (non-hydrogen) atoms. The molecule has 3 aromatic rings. The SMILES string of the molecule is O=c1cc(-c2ccccc2Cl)[nH]c2cc(F)ccc12. The zero-order valence-electron chi connectivity index (χ0n) is 9.78. The zero-order valence-corrected chi connectivity index (χ0v) is 10.5. The first-order valence-electron chi connectivity index (χ1n) is 5.72. The molecule has 0 atom stereocenters. The number of nitrogens with one attached hydrogen (secondary N) is 1. The summed E-state index contributed by atoms with van der Waals surface area (Å²) in [5.41, 5.74) is 1.59. The van der Waals surface area contributed by atoms with Gasteiger partial charge in [-0.25, -0.2) is 4.39 Å². The van der Waals surface area contributed by atoms with E-state index in [1.54, 1.807) is 12.1 Å². The van der Waals surface area contributed by atoms with Crippen LogP contribution in [0, 0.1) is 5.82 Å². The predicted molar refractivity (Wildman–Crippen MR) is 75.0 cm³/mol. The second-order valence-corrected chi connectivity index (χ2v) is 4.62. The van der Waals surface area contributed by atoms with Gasteiger partial charge in [0.2, 0.25) is 0 Å². The van der Waals surface area contributed by atoms with Gasteiger partial charge in [0.15, 0.2) is 5.43 Å². The standard InChI is InChI=1S/C15H9ClFNO/c16-12-4-2-1-3-10(12)14-8-15(19)11-6-5-9(17)7-13(11)18-14/h1-8H,(H,18,19). The van der Waals surface area contributed by atoms with Crippen LogP contribution < -0.4 is 5.43 Å². The Morgan fingerprint density at radius 3 is 2.63 bits per heavy atom. The number of halogens is 2. The normalized spacial score (nSPS) is 10.8. The van der Waals surface area contributed by atoms with Crippen LogP contribution >= 0.6 is 11.6 Å². The van der Waals surface area contributed by atoms with Crippen molar-refractivity contribution in [2.24, 2.45) is 0 Å². The number of hydrogen-bond acceptors (Lipinski definition) is 1. The van der Waals surface area contributed by atoms with Gasteiger partial charge in [-0.15, -0.1) is 0 Å². The molecule has 0 aliphatic carbocycles. The topological polar surface area (TPSA) is 32.9 Å². The van der Waals surface area contributed by atoms with Gasteiger partial charge in [-0.2, -0.15) is 0 Å². The molecule has 0 bridgehead atoms. The van der Waals surface area contributed by atoms with Crippen LogP contribution in [0.15, 0.2) is 53.3 Å². The molecule has 0 aliphatic heterocycles.